The van der Waals surface area contributed by atoms with E-state index in [1.54, 1.807) is 0 Å². The molecule has 1 N–H and O–H groups in total. The molecule has 5 heteroatoms. The minimum Gasteiger partial charge on any atom is -0.474 e. The number of hydrogen-bond donors (Lipinski definition) is 1. The number of likely N-dealkylation sites (tertiary alicyclic amines) is 1. The SMILES string of the molecule is CNc1nc(C2CC2)nc(OC2CCN(C)CC2)c1C. The van der Waals surface area contributed by atoms with Gasteiger partial charge in [0, 0.05) is 26.1 Å². The topological polar surface area (TPSA) is 50.3 Å². The van der Waals surface area contributed by atoms with E-state index in [-0.39, 0.29) is 6.10 Å². The average molecular weight is 276 g/mol. The zero-order chi connectivity index (χ0) is 14.1. The van der Waals surface area contributed by atoms with Gasteiger partial charge in [-0.25, -0.2) is 4.98 Å². The van der Waals surface area contributed by atoms with E-state index in [0.29, 0.717) is 5.92 Å². The second-order valence-corrected chi connectivity index (χ2v) is 6.01. The third-order valence-electron chi connectivity index (χ3n) is 4.24. The van der Waals surface area contributed by atoms with E-state index in [4.69, 9.17) is 4.74 Å². The molecule has 0 radical (unpaired) electrons. The van der Waals surface area contributed by atoms with Gasteiger partial charge in [-0.1, -0.05) is 0 Å². The lowest BCUT2D eigenvalue weighted by atomic mass is 10.1. The number of aromatic nitrogens is 2. The molecule has 0 unspecified atom stereocenters. The van der Waals surface area contributed by atoms with Gasteiger partial charge in [0.25, 0.3) is 0 Å². The highest BCUT2D eigenvalue weighted by molar-refractivity contribution is 5.48. The molecule has 0 bridgehead atoms. The van der Waals surface area contributed by atoms with Crippen LogP contribution in [0.15, 0.2) is 0 Å². The predicted octanol–water partition coefficient (Wildman–Crippen LogP) is 2.18. The number of piperidine rings is 1. The first-order valence-electron chi connectivity index (χ1n) is 7.59. The van der Waals surface area contributed by atoms with Crippen LogP contribution in [0.4, 0.5) is 5.82 Å². The quantitative estimate of drug-likeness (QED) is 0.913. The van der Waals surface area contributed by atoms with Crippen LogP contribution in [0.2, 0.25) is 0 Å². The van der Waals surface area contributed by atoms with Crippen molar-refractivity contribution in [1.29, 1.82) is 0 Å². The van der Waals surface area contributed by atoms with Gasteiger partial charge in [-0.15, -0.1) is 0 Å². The van der Waals surface area contributed by atoms with E-state index >= 15 is 0 Å². The molecule has 1 aliphatic heterocycles. The molecule has 1 aliphatic carbocycles. The van der Waals surface area contributed by atoms with E-state index in [0.717, 1.165) is 49.0 Å². The third kappa shape index (κ3) is 2.87. The summed E-state index contributed by atoms with van der Waals surface area (Å²) in [6.45, 7) is 4.24. The largest absolute Gasteiger partial charge is 0.474 e. The molecule has 3 rings (SSSR count). The molecule has 1 aromatic heterocycles. The lowest BCUT2D eigenvalue weighted by molar-refractivity contribution is 0.109. The number of anilines is 1. The maximum absolute atomic E-state index is 6.18. The summed E-state index contributed by atoms with van der Waals surface area (Å²) in [5.41, 5.74) is 1.02. The molecule has 5 nitrogen and oxygen atoms in total. The molecule has 0 spiro atoms. The van der Waals surface area contributed by atoms with Crippen LogP contribution in [-0.2, 0) is 0 Å². The Bertz CT molecular complexity index is 479. The fourth-order valence-corrected chi connectivity index (χ4v) is 2.66. The van der Waals surface area contributed by atoms with Gasteiger partial charge in [0.15, 0.2) is 0 Å². The highest BCUT2D eigenvalue weighted by atomic mass is 16.5. The highest BCUT2D eigenvalue weighted by Crippen LogP contribution is 2.40. The van der Waals surface area contributed by atoms with Crippen LogP contribution in [0.25, 0.3) is 0 Å². The van der Waals surface area contributed by atoms with E-state index in [1.165, 1.54) is 12.8 Å². The van der Waals surface area contributed by atoms with Crippen molar-refractivity contribution in [2.45, 2.75) is 44.6 Å². The maximum atomic E-state index is 6.18. The minimum absolute atomic E-state index is 0.288. The maximum Gasteiger partial charge on any atom is 0.222 e. The van der Waals surface area contributed by atoms with Crippen molar-refractivity contribution in [2.24, 2.45) is 0 Å². The average Bonchev–Trinajstić information content (AvgIpc) is 3.28. The normalized spacial score (nSPS) is 20.9. The standard InChI is InChI=1S/C15H24N4O/c1-10-13(16-2)17-14(11-4-5-11)18-15(10)20-12-6-8-19(3)9-7-12/h11-12H,4-9H2,1-3H3,(H,16,17,18). The van der Waals surface area contributed by atoms with Crippen LogP contribution < -0.4 is 10.1 Å². The fourth-order valence-electron chi connectivity index (χ4n) is 2.66. The second kappa shape index (κ2) is 5.56. The highest BCUT2D eigenvalue weighted by Gasteiger charge is 2.29. The van der Waals surface area contributed by atoms with Crippen LogP contribution in [0.3, 0.4) is 0 Å². The Kier molecular flexibility index (Phi) is 3.78. The lowest BCUT2D eigenvalue weighted by Gasteiger charge is -2.29. The Morgan fingerprint density at radius 3 is 2.45 bits per heavy atom. The molecule has 1 saturated carbocycles. The molecular formula is C15H24N4O. The predicted molar refractivity (Wildman–Crippen MR) is 79.4 cm³/mol. The minimum atomic E-state index is 0.288. The van der Waals surface area contributed by atoms with Gasteiger partial charge < -0.3 is 15.0 Å². The molecule has 2 heterocycles. The molecule has 2 aliphatic rings. The van der Waals surface area contributed by atoms with Gasteiger partial charge in [0.2, 0.25) is 5.88 Å². The summed E-state index contributed by atoms with van der Waals surface area (Å²) < 4.78 is 6.18. The van der Waals surface area contributed by atoms with Crippen molar-refractivity contribution >= 4 is 5.82 Å². The second-order valence-electron chi connectivity index (χ2n) is 6.01. The van der Waals surface area contributed by atoms with E-state index < -0.39 is 0 Å². The van der Waals surface area contributed by atoms with E-state index in [1.807, 2.05) is 14.0 Å². The molecule has 0 aromatic carbocycles. The van der Waals surface area contributed by atoms with Crippen molar-refractivity contribution in [2.75, 3.05) is 32.5 Å². The smallest absolute Gasteiger partial charge is 0.222 e. The lowest BCUT2D eigenvalue weighted by Crippen LogP contribution is -2.36. The number of nitrogens with zero attached hydrogens (tertiary/aromatic N) is 3. The molecule has 20 heavy (non-hydrogen) atoms. The van der Waals surface area contributed by atoms with Gasteiger partial charge in [-0.05, 0) is 39.7 Å². The summed E-state index contributed by atoms with van der Waals surface area (Å²) >= 11 is 0. The van der Waals surface area contributed by atoms with E-state index in [2.05, 4.69) is 27.2 Å². The molecule has 2 fully saturated rings. The van der Waals surface area contributed by atoms with Crippen LogP contribution in [0.1, 0.15) is 43.0 Å². The first kappa shape index (κ1) is 13.6. The summed E-state index contributed by atoms with van der Waals surface area (Å²) in [5.74, 6) is 3.18. The number of hydrogen-bond acceptors (Lipinski definition) is 5. The summed E-state index contributed by atoms with van der Waals surface area (Å²) in [6, 6.07) is 0. The van der Waals surface area contributed by atoms with Crippen molar-refractivity contribution in [3.8, 4) is 5.88 Å². The first-order chi connectivity index (χ1) is 9.67. The molecule has 110 valence electrons. The van der Waals surface area contributed by atoms with Gasteiger partial charge in [-0.2, -0.15) is 4.98 Å². The Morgan fingerprint density at radius 1 is 1.15 bits per heavy atom. The molecule has 0 amide bonds. The summed E-state index contributed by atoms with van der Waals surface area (Å²) in [6.07, 6.45) is 4.86. The number of ether oxygens (including phenoxy) is 1. The molecule has 0 atom stereocenters. The van der Waals surface area contributed by atoms with Gasteiger partial charge in [-0.3, -0.25) is 0 Å². The van der Waals surface area contributed by atoms with Crippen molar-refractivity contribution in [1.82, 2.24) is 14.9 Å². The third-order valence-corrected chi connectivity index (χ3v) is 4.24. The Balaban J connectivity index is 1.78. The summed E-state index contributed by atoms with van der Waals surface area (Å²) in [4.78, 5) is 11.6. The molecular weight excluding hydrogens is 252 g/mol. The van der Waals surface area contributed by atoms with Gasteiger partial charge in [0.05, 0.1) is 5.56 Å². The Morgan fingerprint density at radius 2 is 1.85 bits per heavy atom. The van der Waals surface area contributed by atoms with Crippen LogP contribution in [0.5, 0.6) is 5.88 Å². The van der Waals surface area contributed by atoms with Gasteiger partial charge >= 0.3 is 0 Å². The summed E-state index contributed by atoms with van der Waals surface area (Å²) in [5, 5.41) is 3.16. The first-order valence-corrected chi connectivity index (χ1v) is 7.59. The summed E-state index contributed by atoms with van der Waals surface area (Å²) in [7, 11) is 4.07. The number of rotatable bonds is 4. The zero-order valence-corrected chi connectivity index (χ0v) is 12.6. The number of nitrogens with one attached hydrogen (secondary N) is 1. The Hall–Kier alpha value is -1.36. The van der Waals surface area contributed by atoms with Crippen molar-refractivity contribution < 1.29 is 4.74 Å². The monoisotopic (exact) mass is 276 g/mol. The zero-order valence-electron chi connectivity index (χ0n) is 12.6. The van der Waals surface area contributed by atoms with Crippen LogP contribution in [-0.4, -0.2) is 48.2 Å². The van der Waals surface area contributed by atoms with Gasteiger partial charge in [0.1, 0.15) is 17.7 Å². The fraction of sp³-hybridized carbons (Fsp3) is 0.733. The Labute approximate surface area is 120 Å². The molecule has 1 saturated heterocycles. The molecule has 1 aromatic rings. The van der Waals surface area contributed by atoms with Crippen LogP contribution >= 0.6 is 0 Å². The van der Waals surface area contributed by atoms with Crippen molar-refractivity contribution in [3.63, 3.8) is 0 Å². The van der Waals surface area contributed by atoms with Crippen molar-refractivity contribution in [3.05, 3.63) is 11.4 Å². The van der Waals surface area contributed by atoms with Crippen LogP contribution in [0, 0.1) is 6.92 Å². The van der Waals surface area contributed by atoms with E-state index in [9.17, 15) is 0 Å².